The number of ether oxygens (including phenoxy) is 1. The Morgan fingerprint density at radius 1 is 0.897 bits per heavy atom. The molecular weight excluding hydrogens is 384 g/mol. The number of anilines is 1. The number of carbonyl (C=O) groups is 2. The minimum Gasteiger partial charge on any atom is -0.465 e. The Hall–Kier alpha value is -1.95. The summed E-state index contributed by atoms with van der Waals surface area (Å²) in [5.74, 6) is -0.558. The van der Waals surface area contributed by atoms with Crippen molar-refractivity contribution in [2.75, 3.05) is 12.4 Å². The fraction of sp³-hybridized carbons (Fsp3) is 0.609. The summed E-state index contributed by atoms with van der Waals surface area (Å²) in [6.45, 7) is 2.24. The average molecular weight is 421 g/mol. The van der Waals surface area contributed by atoms with Gasteiger partial charge in [-0.15, -0.1) is 0 Å². The van der Waals surface area contributed by atoms with Crippen LogP contribution in [-0.4, -0.2) is 24.1 Å². The molecule has 0 aliphatic rings. The third-order valence-electron chi connectivity index (χ3n) is 4.84. The van der Waals surface area contributed by atoms with Crippen LogP contribution in [0.3, 0.4) is 0 Å². The van der Waals surface area contributed by atoms with E-state index in [1.807, 2.05) is 0 Å². The van der Waals surface area contributed by atoms with E-state index in [4.69, 9.17) is 17.0 Å². The Morgan fingerprint density at radius 2 is 1.45 bits per heavy atom. The van der Waals surface area contributed by atoms with Gasteiger partial charge in [-0.05, 0) is 30.8 Å². The first kappa shape index (κ1) is 25.1. The molecule has 1 rings (SSSR count). The first-order chi connectivity index (χ1) is 14.1. The van der Waals surface area contributed by atoms with E-state index >= 15 is 0 Å². The van der Waals surface area contributed by atoms with Crippen molar-refractivity contribution in [3.63, 3.8) is 0 Å². The van der Waals surface area contributed by atoms with Crippen LogP contribution in [0.1, 0.15) is 94.3 Å². The number of hydrogen-bond acceptors (Lipinski definition) is 4. The molecular formula is C23H36N2O3S. The quantitative estimate of drug-likeness (QED) is 0.220. The maximum atomic E-state index is 12.0. The Morgan fingerprint density at radius 3 is 2.03 bits per heavy atom. The summed E-state index contributed by atoms with van der Waals surface area (Å²) in [4.78, 5) is 23.8. The van der Waals surface area contributed by atoms with Crippen LogP contribution < -0.4 is 10.6 Å². The minimum absolute atomic E-state index is 0.103. The molecule has 0 unspecified atom stereocenters. The van der Waals surface area contributed by atoms with Crippen LogP contribution in [0.5, 0.6) is 0 Å². The molecule has 6 heteroatoms. The molecule has 0 aliphatic heterocycles. The van der Waals surface area contributed by atoms with Crippen LogP contribution in [0.15, 0.2) is 24.3 Å². The number of benzene rings is 1. The number of nitrogens with one attached hydrogen (secondary N) is 2. The molecule has 0 saturated heterocycles. The number of amides is 1. The predicted octanol–water partition coefficient (Wildman–Crippen LogP) is 5.99. The van der Waals surface area contributed by atoms with E-state index in [2.05, 4.69) is 17.6 Å². The number of rotatable bonds is 14. The lowest BCUT2D eigenvalue weighted by molar-refractivity contribution is -0.119. The van der Waals surface area contributed by atoms with E-state index in [1.54, 1.807) is 24.3 Å². The highest BCUT2D eigenvalue weighted by Crippen LogP contribution is 2.16. The molecule has 0 aromatic heterocycles. The van der Waals surface area contributed by atoms with Gasteiger partial charge in [-0.1, -0.05) is 83.3 Å². The van der Waals surface area contributed by atoms with Gasteiger partial charge in [-0.2, -0.15) is 0 Å². The summed E-state index contributed by atoms with van der Waals surface area (Å²) in [5.41, 5.74) is 0.885. The zero-order valence-electron chi connectivity index (χ0n) is 17.9. The van der Waals surface area contributed by atoms with Gasteiger partial charge in [0.2, 0.25) is 5.91 Å². The average Bonchev–Trinajstić information content (AvgIpc) is 2.71. The second-order valence-electron chi connectivity index (χ2n) is 7.32. The van der Waals surface area contributed by atoms with Crippen molar-refractivity contribution >= 4 is 34.9 Å². The largest absolute Gasteiger partial charge is 0.465 e. The van der Waals surface area contributed by atoms with Gasteiger partial charge in [0.1, 0.15) is 0 Å². The lowest BCUT2D eigenvalue weighted by Gasteiger charge is -2.12. The molecule has 1 aromatic rings. The summed E-state index contributed by atoms with van der Waals surface area (Å²) in [6.07, 6.45) is 14.2. The minimum atomic E-state index is -0.455. The van der Waals surface area contributed by atoms with Gasteiger partial charge in [0.05, 0.1) is 18.4 Å². The molecule has 0 atom stereocenters. The summed E-state index contributed by atoms with van der Waals surface area (Å²) in [7, 11) is 1.33. The van der Waals surface area contributed by atoms with Crippen molar-refractivity contribution in [3.05, 3.63) is 29.8 Å². The van der Waals surface area contributed by atoms with Gasteiger partial charge in [-0.3, -0.25) is 4.79 Å². The van der Waals surface area contributed by atoms with E-state index in [9.17, 15) is 9.59 Å². The van der Waals surface area contributed by atoms with Gasteiger partial charge in [-0.25, -0.2) is 4.79 Å². The predicted molar refractivity (Wildman–Crippen MR) is 123 cm³/mol. The second kappa shape index (κ2) is 15.9. The molecule has 0 spiro atoms. The van der Waals surface area contributed by atoms with E-state index in [-0.39, 0.29) is 11.0 Å². The van der Waals surface area contributed by atoms with Crippen molar-refractivity contribution in [1.29, 1.82) is 0 Å². The summed E-state index contributed by atoms with van der Waals surface area (Å²) in [6, 6.07) is 6.88. The number of methoxy groups -OCH3 is 1. The number of esters is 1. The molecule has 0 aliphatic carbocycles. The fourth-order valence-corrected chi connectivity index (χ4v) is 3.40. The van der Waals surface area contributed by atoms with Crippen molar-refractivity contribution in [2.24, 2.45) is 0 Å². The smallest absolute Gasteiger partial charge is 0.339 e. The SMILES string of the molecule is CCCCCCCCCCCCCC(=O)NC(=S)Nc1ccccc1C(=O)OC. The van der Waals surface area contributed by atoms with Gasteiger partial charge >= 0.3 is 5.97 Å². The number of hydrogen-bond donors (Lipinski definition) is 2. The number of thiocarbonyl (C=S) groups is 1. The van der Waals surface area contributed by atoms with Gasteiger partial charge in [0.25, 0.3) is 0 Å². The van der Waals surface area contributed by atoms with Crippen LogP contribution in [0.4, 0.5) is 5.69 Å². The normalized spacial score (nSPS) is 10.4. The Kier molecular flexibility index (Phi) is 13.8. The van der Waals surface area contributed by atoms with Gasteiger partial charge < -0.3 is 15.4 Å². The summed E-state index contributed by atoms with van der Waals surface area (Å²) >= 11 is 5.19. The Balaban J connectivity index is 2.13. The van der Waals surface area contributed by atoms with Gasteiger partial charge in [0.15, 0.2) is 5.11 Å². The van der Waals surface area contributed by atoms with Crippen LogP contribution >= 0.6 is 12.2 Å². The van der Waals surface area contributed by atoms with Crippen molar-refractivity contribution in [2.45, 2.75) is 84.0 Å². The van der Waals surface area contributed by atoms with Crippen LogP contribution in [0.25, 0.3) is 0 Å². The standard InChI is InChI=1S/C23H36N2O3S/c1-3-4-5-6-7-8-9-10-11-12-13-18-21(26)25-23(29)24-20-17-15-14-16-19(20)22(27)28-2/h14-17H,3-13,18H2,1-2H3,(H2,24,25,26,29). The van der Waals surface area contributed by atoms with Crippen molar-refractivity contribution in [3.8, 4) is 0 Å². The molecule has 2 N–H and O–H groups in total. The second-order valence-corrected chi connectivity index (χ2v) is 7.73. The molecule has 29 heavy (non-hydrogen) atoms. The molecule has 162 valence electrons. The lowest BCUT2D eigenvalue weighted by atomic mass is 10.1. The van der Waals surface area contributed by atoms with Crippen LogP contribution in [0, 0.1) is 0 Å². The fourth-order valence-electron chi connectivity index (χ4n) is 3.17. The molecule has 0 bridgehead atoms. The van der Waals surface area contributed by atoms with Crippen molar-refractivity contribution < 1.29 is 14.3 Å². The maximum absolute atomic E-state index is 12.0. The molecule has 0 saturated carbocycles. The lowest BCUT2D eigenvalue weighted by Crippen LogP contribution is -2.34. The monoisotopic (exact) mass is 420 g/mol. The first-order valence-electron chi connectivity index (χ1n) is 10.9. The third-order valence-corrected chi connectivity index (χ3v) is 5.05. The highest BCUT2D eigenvalue weighted by molar-refractivity contribution is 7.80. The summed E-state index contributed by atoms with van der Waals surface area (Å²) < 4.78 is 4.75. The number of para-hydroxylation sites is 1. The van der Waals surface area contributed by atoms with E-state index < -0.39 is 5.97 Å². The summed E-state index contributed by atoms with van der Waals surface area (Å²) in [5, 5.41) is 5.76. The Bertz CT molecular complexity index is 634. The molecule has 0 fully saturated rings. The first-order valence-corrected chi connectivity index (χ1v) is 11.3. The maximum Gasteiger partial charge on any atom is 0.339 e. The van der Waals surface area contributed by atoms with Crippen molar-refractivity contribution in [1.82, 2.24) is 5.32 Å². The number of carbonyl (C=O) groups excluding carboxylic acids is 2. The highest BCUT2D eigenvalue weighted by atomic mass is 32.1. The topological polar surface area (TPSA) is 67.4 Å². The third kappa shape index (κ3) is 11.6. The zero-order valence-corrected chi connectivity index (χ0v) is 18.7. The van der Waals surface area contributed by atoms with E-state index in [0.717, 1.165) is 12.8 Å². The molecule has 1 amide bonds. The Labute approximate surface area is 181 Å². The van der Waals surface area contributed by atoms with Crippen LogP contribution in [0.2, 0.25) is 0 Å². The van der Waals surface area contributed by atoms with Gasteiger partial charge in [0, 0.05) is 6.42 Å². The molecule has 1 aromatic carbocycles. The molecule has 0 radical (unpaired) electrons. The molecule has 0 heterocycles. The van der Waals surface area contributed by atoms with E-state index in [0.29, 0.717) is 17.7 Å². The van der Waals surface area contributed by atoms with E-state index in [1.165, 1.54) is 64.9 Å². The molecule has 5 nitrogen and oxygen atoms in total. The van der Waals surface area contributed by atoms with Crippen LogP contribution in [-0.2, 0) is 9.53 Å². The number of unbranched alkanes of at least 4 members (excludes halogenated alkanes) is 10. The zero-order chi connectivity index (χ0) is 21.3. The highest BCUT2D eigenvalue weighted by Gasteiger charge is 2.12.